The molecule has 0 saturated carbocycles. The van der Waals surface area contributed by atoms with Gasteiger partial charge in [0.25, 0.3) is 0 Å². The summed E-state index contributed by atoms with van der Waals surface area (Å²) < 4.78 is 11.7. The highest BCUT2D eigenvalue weighted by Crippen LogP contribution is 2.26. The van der Waals surface area contributed by atoms with Crippen LogP contribution in [-0.4, -0.2) is 25.1 Å². The number of hydrogen-bond acceptors (Lipinski definition) is 5. The van der Waals surface area contributed by atoms with Gasteiger partial charge >= 0.3 is 0 Å². The lowest BCUT2D eigenvalue weighted by atomic mass is 10.2. The molecule has 3 aromatic rings. The Labute approximate surface area is 200 Å². The van der Waals surface area contributed by atoms with Crippen LogP contribution in [0.25, 0.3) is 0 Å². The lowest BCUT2D eigenvalue weighted by Crippen LogP contribution is -2.20. The van der Waals surface area contributed by atoms with E-state index in [1.165, 1.54) is 6.21 Å². The molecular formula is C25H24BrN3O4. The van der Waals surface area contributed by atoms with E-state index in [0.29, 0.717) is 23.8 Å². The molecule has 170 valence electrons. The fraction of sp³-hybridized carbons (Fsp3) is 0.160. The van der Waals surface area contributed by atoms with Crippen molar-refractivity contribution in [3.63, 3.8) is 0 Å². The smallest absolute Gasteiger partial charge is 0.240 e. The topological polar surface area (TPSA) is 89.0 Å². The minimum absolute atomic E-state index is 0.0231. The minimum Gasteiger partial charge on any atom is -0.497 e. The van der Waals surface area contributed by atoms with Crippen molar-refractivity contribution in [3.8, 4) is 11.5 Å². The summed E-state index contributed by atoms with van der Waals surface area (Å²) in [5, 5.41) is 6.69. The van der Waals surface area contributed by atoms with E-state index in [-0.39, 0.29) is 24.7 Å². The summed E-state index contributed by atoms with van der Waals surface area (Å²) >= 11 is 3.49. The maximum atomic E-state index is 12.0. The van der Waals surface area contributed by atoms with Crippen LogP contribution in [0, 0.1) is 0 Å². The predicted octanol–water partition coefficient (Wildman–Crippen LogP) is 4.91. The van der Waals surface area contributed by atoms with Crippen LogP contribution in [0.4, 0.5) is 5.69 Å². The number of anilines is 1. The molecule has 0 fully saturated rings. The maximum Gasteiger partial charge on any atom is 0.240 e. The summed E-state index contributed by atoms with van der Waals surface area (Å²) in [6, 6.07) is 22.4. The maximum absolute atomic E-state index is 12.0. The first-order valence-electron chi connectivity index (χ1n) is 10.3. The first-order chi connectivity index (χ1) is 16.0. The van der Waals surface area contributed by atoms with Gasteiger partial charge in [0, 0.05) is 18.5 Å². The summed E-state index contributed by atoms with van der Waals surface area (Å²) in [7, 11) is 1.57. The summed E-state index contributed by atoms with van der Waals surface area (Å²) in [6.45, 7) is 0.467. The molecule has 0 atom stereocenters. The predicted molar refractivity (Wildman–Crippen MR) is 132 cm³/mol. The van der Waals surface area contributed by atoms with E-state index in [4.69, 9.17) is 9.47 Å². The van der Waals surface area contributed by atoms with Crippen molar-refractivity contribution in [1.82, 2.24) is 5.43 Å². The highest BCUT2D eigenvalue weighted by atomic mass is 79.9. The Balaban J connectivity index is 1.40. The Bertz CT molecular complexity index is 1100. The third kappa shape index (κ3) is 8.08. The molecule has 0 radical (unpaired) electrons. The molecule has 0 aliphatic rings. The summed E-state index contributed by atoms with van der Waals surface area (Å²) in [6.07, 6.45) is 1.60. The van der Waals surface area contributed by atoms with Crippen molar-refractivity contribution < 1.29 is 19.1 Å². The fourth-order valence-electron chi connectivity index (χ4n) is 2.81. The number of amides is 2. The van der Waals surface area contributed by atoms with E-state index in [2.05, 4.69) is 31.8 Å². The number of hydrazone groups is 1. The molecule has 0 spiro atoms. The van der Waals surface area contributed by atoms with E-state index in [9.17, 15) is 9.59 Å². The van der Waals surface area contributed by atoms with E-state index in [1.807, 2.05) is 48.5 Å². The quantitative estimate of drug-likeness (QED) is 0.300. The summed E-state index contributed by atoms with van der Waals surface area (Å²) in [5.41, 5.74) is 4.94. The van der Waals surface area contributed by atoms with Crippen molar-refractivity contribution in [1.29, 1.82) is 0 Å². The molecule has 0 heterocycles. The SMILES string of the molecule is COc1ccc(NC(=O)CCC(=O)NN=Cc2ccc(OCc3ccccc3)c(Br)c2)cc1. The van der Waals surface area contributed by atoms with Gasteiger partial charge in [0.05, 0.1) is 17.8 Å². The summed E-state index contributed by atoms with van der Waals surface area (Å²) in [5.74, 6) is 0.807. The monoisotopic (exact) mass is 509 g/mol. The van der Waals surface area contributed by atoms with Crippen LogP contribution >= 0.6 is 15.9 Å². The van der Waals surface area contributed by atoms with Crippen molar-refractivity contribution in [3.05, 3.63) is 88.4 Å². The number of hydrogen-bond donors (Lipinski definition) is 2. The molecule has 8 heteroatoms. The molecule has 0 aliphatic carbocycles. The van der Waals surface area contributed by atoms with Gasteiger partial charge in [-0.25, -0.2) is 5.43 Å². The highest BCUT2D eigenvalue weighted by molar-refractivity contribution is 9.10. The van der Waals surface area contributed by atoms with E-state index < -0.39 is 0 Å². The zero-order chi connectivity index (χ0) is 23.5. The lowest BCUT2D eigenvalue weighted by molar-refractivity contribution is -0.124. The van der Waals surface area contributed by atoms with Gasteiger partial charge in [0.15, 0.2) is 0 Å². The zero-order valence-corrected chi connectivity index (χ0v) is 19.7. The van der Waals surface area contributed by atoms with Crippen LogP contribution in [0.3, 0.4) is 0 Å². The van der Waals surface area contributed by atoms with Crippen molar-refractivity contribution >= 4 is 39.6 Å². The molecular weight excluding hydrogens is 486 g/mol. The average Bonchev–Trinajstić information content (AvgIpc) is 2.83. The molecule has 0 aliphatic heterocycles. The van der Waals surface area contributed by atoms with Crippen LogP contribution in [0.2, 0.25) is 0 Å². The Morgan fingerprint density at radius 2 is 1.70 bits per heavy atom. The number of carbonyl (C=O) groups excluding carboxylic acids is 2. The average molecular weight is 510 g/mol. The minimum atomic E-state index is -0.349. The second-order valence-corrected chi connectivity index (χ2v) is 7.89. The van der Waals surface area contributed by atoms with Crippen LogP contribution in [0.15, 0.2) is 82.4 Å². The molecule has 7 nitrogen and oxygen atoms in total. The van der Waals surface area contributed by atoms with Crippen molar-refractivity contribution in [2.45, 2.75) is 19.4 Å². The van der Waals surface area contributed by atoms with Crippen molar-refractivity contribution in [2.75, 3.05) is 12.4 Å². The van der Waals surface area contributed by atoms with Crippen LogP contribution < -0.4 is 20.2 Å². The van der Waals surface area contributed by atoms with Gasteiger partial charge < -0.3 is 14.8 Å². The second kappa shape index (κ2) is 12.4. The zero-order valence-electron chi connectivity index (χ0n) is 18.1. The second-order valence-electron chi connectivity index (χ2n) is 7.03. The summed E-state index contributed by atoms with van der Waals surface area (Å²) in [4.78, 5) is 24.0. The Morgan fingerprint density at radius 1 is 0.970 bits per heavy atom. The standard InChI is InChI=1S/C25H24BrN3O4/c1-32-21-10-8-20(9-11-21)28-24(30)13-14-25(31)29-27-16-19-7-12-23(22(26)15-19)33-17-18-5-3-2-4-6-18/h2-12,15-16H,13-14,17H2,1H3,(H,28,30)(H,29,31). The van der Waals surface area contributed by atoms with Crippen molar-refractivity contribution in [2.24, 2.45) is 5.10 Å². The fourth-order valence-corrected chi connectivity index (χ4v) is 3.32. The van der Waals surface area contributed by atoms with Crippen LogP contribution in [0.5, 0.6) is 11.5 Å². The number of nitrogens with one attached hydrogen (secondary N) is 2. The number of benzene rings is 3. The molecule has 3 aromatic carbocycles. The molecule has 0 bridgehead atoms. The van der Waals surface area contributed by atoms with Gasteiger partial charge in [0.2, 0.25) is 11.8 Å². The molecule has 3 rings (SSSR count). The Kier molecular flexibility index (Phi) is 9.02. The molecule has 2 N–H and O–H groups in total. The molecule has 0 aromatic heterocycles. The lowest BCUT2D eigenvalue weighted by Gasteiger charge is -2.09. The number of rotatable bonds is 10. The van der Waals surface area contributed by atoms with E-state index in [0.717, 1.165) is 15.6 Å². The first kappa shape index (κ1) is 24.0. The van der Waals surface area contributed by atoms with Gasteiger partial charge in [-0.15, -0.1) is 0 Å². The van der Waals surface area contributed by atoms with Gasteiger partial charge in [-0.1, -0.05) is 30.3 Å². The number of carbonyl (C=O) groups is 2. The van der Waals surface area contributed by atoms with Gasteiger partial charge in [-0.05, 0) is 69.5 Å². The van der Waals surface area contributed by atoms with E-state index in [1.54, 1.807) is 31.4 Å². The van der Waals surface area contributed by atoms with E-state index >= 15 is 0 Å². The molecule has 0 unspecified atom stereocenters. The largest absolute Gasteiger partial charge is 0.497 e. The third-order valence-corrected chi connectivity index (χ3v) is 5.17. The number of methoxy groups -OCH3 is 1. The third-order valence-electron chi connectivity index (χ3n) is 4.55. The highest BCUT2D eigenvalue weighted by Gasteiger charge is 2.07. The first-order valence-corrected chi connectivity index (χ1v) is 11.0. The van der Waals surface area contributed by atoms with Gasteiger partial charge in [0.1, 0.15) is 18.1 Å². The molecule has 33 heavy (non-hydrogen) atoms. The number of nitrogens with zero attached hydrogens (tertiary/aromatic N) is 1. The van der Waals surface area contributed by atoms with Crippen LogP contribution in [0.1, 0.15) is 24.0 Å². The Hall–Kier alpha value is -3.65. The normalized spacial score (nSPS) is 10.6. The number of ether oxygens (including phenoxy) is 2. The molecule has 2 amide bonds. The molecule has 0 saturated heterocycles. The number of halogens is 1. The van der Waals surface area contributed by atoms with Gasteiger partial charge in [-0.3, -0.25) is 9.59 Å². The van der Waals surface area contributed by atoms with Gasteiger partial charge in [-0.2, -0.15) is 5.10 Å². The Morgan fingerprint density at radius 3 is 2.39 bits per heavy atom. The van der Waals surface area contributed by atoms with Crippen LogP contribution in [-0.2, 0) is 16.2 Å².